The van der Waals surface area contributed by atoms with Crippen LogP contribution < -0.4 is 5.32 Å². The molecule has 0 bridgehead atoms. The van der Waals surface area contributed by atoms with Gasteiger partial charge in [0.1, 0.15) is 0 Å². The monoisotopic (exact) mass is 366 g/mol. The Labute approximate surface area is 146 Å². The van der Waals surface area contributed by atoms with Gasteiger partial charge in [-0.05, 0) is 54.4 Å². The van der Waals surface area contributed by atoms with Crippen LogP contribution in [0.25, 0.3) is 10.9 Å². The van der Waals surface area contributed by atoms with Gasteiger partial charge >= 0.3 is 6.18 Å². The summed E-state index contributed by atoms with van der Waals surface area (Å²) in [7, 11) is 0. The number of H-pyrrole nitrogens is 1. The maximum absolute atomic E-state index is 12.5. The molecule has 0 aliphatic carbocycles. The highest BCUT2D eigenvalue weighted by Gasteiger charge is 2.30. The number of carbonyl (C=O) groups excluding carboxylic acids is 1. The number of halogens is 4. The average molecular weight is 367 g/mol. The van der Waals surface area contributed by atoms with Crippen LogP contribution in [0.5, 0.6) is 0 Å². The highest BCUT2D eigenvalue weighted by molar-refractivity contribution is 6.31. The maximum atomic E-state index is 12.5. The van der Waals surface area contributed by atoms with Gasteiger partial charge in [-0.25, -0.2) is 0 Å². The molecule has 0 aliphatic heterocycles. The lowest BCUT2D eigenvalue weighted by atomic mass is 10.1. The van der Waals surface area contributed by atoms with E-state index in [1.54, 1.807) is 6.07 Å². The zero-order valence-electron chi connectivity index (χ0n) is 13.0. The molecule has 25 heavy (non-hydrogen) atoms. The fourth-order valence-electron chi connectivity index (χ4n) is 2.58. The van der Waals surface area contributed by atoms with Gasteiger partial charge < -0.3 is 10.3 Å². The number of hydrogen-bond acceptors (Lipinski definition) is 1. The Bertz CT molecular complexity index is 901. The minimum Gasteiger partial charge on any atom is -0.361 e. The standard InChI is InChI=1S/C18H14ClF3N2O/c19-14-5-6-16-15(9-14)12(10-24-16)7-8-23-17(25)11-1-3-13(4-2-11)18(20,21)22/h1-6,9-10,24H,7-8H2,(H,23,25). The molecule has 3 rings (SSSR count). The largest absolute Gasteiger partial charge is 0.416 e. The van der Waals surface area contributed by atoms with Crippen molar-refractivity contribution in [1.29, 1.82) is 0 Å². The molecule has 0 saturated heterocycles. The second-order valence-corrected chi connectivity index (χ2v) is 6.02. The number of carbonyl (C=O) groups is 1. The van der Waals surface area contributed by atoms with Gasteiger partial charge in [-0.15, -0.1) is 0 Å². The van der Waals surface area contributed by atoms with Gasteiger partial charge in [0.05, 0.1) is 5.56 Å². The molecule has 7 heteroatoms. The summed E-state index contributed by atoms with van der Waals surface area (Å²) >= 11 is 5.99. The number of nitrogens with one attached hydrogen (secondary N) is 2. The second-order valence-electron chi connectivity index (χ2n) is 5.58. The lowest BCUT2D eigenvalue weighted by molar-refractivity contribution is -0.137. The predicted molar refractivity (Wildman–Crippen MR) is 90.8 cm³/mol. The van der Waals surface area contributed by atoms with Crippen molar-refractivity contribution in [2.45, 2.75) is 12.6 Å². The molecule has 2 aromatic carbocycles. The summed E-state index contributed by atoms with van der Waals surface area (Å²) in [4.78, 5) is 15.2. The number of fused-ring (bicyclic) bond motifs is 1. The predicted octanol–water partition coefficient (Wildman–Crippen LogP) is 4.81. The van der Waals surface area contributed by atoms with E-state index in [9.17, 15) is 18.0 Å². The molecule has 0 unspecified atom stereocenters. The summed E-state index contributed by atoms with van der Waals surface area (Å²) < 4.78 is 37.6. The number of benzene rings is 2. The first-order chi connectivity index (χ1) is 11.8. The third kappa shape index (κ3) is 3.96. The van der Waals surface area contributed by atoms with Crippen LogP contribution in [-0.2, 0) is 12.6 Å². The topological polar surface area (TPSA) is 44.9 Å². The summed E-state index contributed by atoms with van der Waals surface area (Å²) in [5, 5.41) is 4.32. The molecule has 1 heterocycles. The molecular weight excluding hydrogens is 353 g/mol. The molecule has 0 atom stereocenters. The van der Waals surface area contributed by atoms with E-state index in [2.05, 4.69) is 10.3 Å². The van der Waals surface area contributed by atoms with E-state index >= 15 is 0 Å². The average Bonchev–Trinajstić information content (AvgIpc) is 2.96. The van der Waals surface area contributed by atoms with Gasteiger partial charge in [-0.1, -0.05) is 11.6 Å². The van der Waals surface area contributed by atoms with Gasteiger partial charge in [0.25, 0.3) is 5.91 Å². The molecule has 0 fully saturated rings. The fraction of sp³-hybridized carbons (Fsp3) is 0.167. The van der Waals surface area contributed by atoms with Crippen LogP contribution in [0.3, 0.4) is 0 Å². The van der Waals surface area contributed by atoms with Crippen LogP contribution in [0.15, 0.2) is 48.7 Å². The SMILES string of the molecule is O=C(NCCc1c[nH]c2ccc(Cl)cc12)c1ccc(C(F)(F)F)cc1. The van der Waals surface area contributed by atoms with E-state index in [0.29, 0.717) is 18.0 Å². The maximum Gasteiger partial charge on any atom is 0.416 e. The molecule has 1 amide bonds. The van der Waals surface area contributed by atoms with E-state index in [-0.39, 0.29) is 5.56 Å². The molecule has 3 aromatic rings. The van der Waals surface area contributed by atoms with Crippen LogP contribution in [-0.4, -0.2) is 17.4 Å². The van der Waals surface area contributed by atoms with E-state index in [1.165, 1.54) is 12.1 Å². The molecule has 1 aromatic heterocycles. The van der Waals surface area contributed by atoms with Crippen molar-refractivity contribution in [3.8, 4) is 0 Å². The molecule has 3 nitrogen and oxygen atoms in total. The minimum absolute atomic E-state index is 0.190. The smallest absolute Gasteiger partial charge is 0.361 e. The Morgan fingerprint density at radius 3 is 2.52 bits per heavy atom. The first-order valence-corrected chi connectivity index (χ1v) is 7.93. The Hall–Kier alpha value is -2.47. The number of rotatable bonds is 4. The van der Waals surface area contributed by atoms with Crippen molar-refractivity contribution in [2.75, 3.05) is 6.54 Å². The molecule has 0 aliphatic rings. The Kier molecular flexibility index (Phi) is 4.72. The molecule has 130 valence electrons. The number of aromatic nitrogens is 1. The quantitative estimate of drug-likeness (QED) is 0.683. The first kappa shape index (κ1) is 17.4. The fourth-order valence-corrected chi connectivity index (χ4v) is 2.75. The van der Waals surface area contributed by atoms with Crippen LogP contribution in [0.2, 0.25) is 5.02 Å². The number of hydrogen-bond donors (Lipinski definition) is 2. The molecule has 0 radical (unpaired) electrons. The van der Waals surface area contributed by atoms with Crippen molar-refractivity contribution in [2.24, 2.45) is 0 Å². The lowest BCUT2D eigenvalue weighted by Gasteiger charge is -2.08. The van der Waals surface area contributed by atoms with Crippen LogP contribution in [0, 0.1) is 0 Å². The molecule has 2 N–H and O–H groups in total. The summed E-state index contributed by atoms with van der Waals surface area (Å²) in [5.41, 5.74) is 1.37. The highest BCUT2D eigenvalue weighted by atomic mass is 35.5. The molecule has 0 saturated carbocycles. The van der Waals surface area contributed by atoms with Gasteiger partial charge in [-0.2, -0.15) is 13.2 Å². The van der Waals surface area contributed by atoms with E-state index in [0.717, 1.165) is 28.6 Å². The van der Waals surface area contributed by atoms with Crippen molar-refractivity contribution >= 4 is 28.4 Å². The summed E-state index contributed by atoms with van der Waals surface area (Å²) in [6, 6.07) is 9.65. The van der Waals surface area contributed by atoms with Gasteiger partial charge in [0.2, 0.25) is 0 Å². The number of amides is 1. The lowest BCUT2D eigenvalue weighted by Crippen LogP contribution is -2.25. The van der Waals surface area contributed by atoms with Gasteiger partial charge in [0, 0.05) is 34.2 Å². The van der Waals surface area contributed by atoms with Crippen molar-refractivity contribution in [3.63, 3.8) is 0 Å². The van der Waals surface area contributed by atoms with E-state index in [1.807, 2.05) is 18.3 Å². The summed E-state index contributed by atoms with van der Waals surface area (Å²) in [6.07, 6.45) is -1.98. The second kappa shape index (κ2) is 6.80. The Morgan fingerprint density at radius 1 is 1.12 bits per heavy atom. The van der Waals surface area contributed by atoms with Crippen molar-refractivity contribution in [3.05, 3.63) is 70.4 Å². The van der Waals surface area contributed by atoms with Crippen LogP contribution in [0.4, 0.5) is 13.2 Å². The van der Waals surface area contributed by atoms with Crippen LogP contribution >= 0.6 is 11.6 Å². The van der Waals surface area contributed by atoms with E-state index in [4.69, 9.17) is 11.6 Å². The summed E-state index contributed by atoms with van der Waals surface area (Å²) in [6.45, 7) is 0.360. The Morgan fingerprint density at radius 2 is 1.84 bits per heavy atom. The molecular formula is C18H14ClF3N2O. The summed E-state index contributed by atoms with van der Waals surface area (Å²) in [5.74, 6) is -0.411. The van der Waals surface area contributed by atoms with E-state index < -0.39 is 17.6 Å². The highest BCUT2D eigenvalue weighted by Crippen LogP contribution is 2.29. The van der Waals surface area contributed by atoms with Gasteiger partial charge in [-0.3, -0.25) is 4.79 Å². The zero-order valence-corrected chi connectivity index (χ0v) is 13.7. The first-order valence-electron chi connectivity index (χ1n) is 7.55. The number of alkyl halides is 3. The Balaban J connectivity index is 1.61. The molecule has 0 spiro atoms. The van der Waals surface area contributed by atoms with Gasteiger partial charge in [0.15, 0.2) is 0 Å². The minimum atomic E-state index is -4.41. The van der Waals surface area contributed by atoms with Crippen molar-refractivity contribution < 1.29 is 18.0 Å². The number of aromatic amines is 1. The normalized spacial score (nSPS) is 11.7. The third-order valence-corrected chi connectivity index (χ3v) is 4.12. The third-order valence-electron chi connectivity index (χ3n) is 3.88. The van der Waals surface area contributed by atoms with Crippen molar-refractivity contribution in [1.82, 2.24) is 10.3 Å². The zero-order chi connectivity index (χ0) is 18.0. The van der Waals surface area contributed by atoms with Crippen LogP contribution in [0.1, 0.15) is 21.5 Å².